The summed E-state index contributed by atoms with van der Waals surface area (Å²) in [5.74, 6) is 0. The highest BCUT2D eigenvalue weighted by Crippen LogP contribution is 2.41. The van der Waals surface area contributed by atoms with Crippen LogP contribution in [0, 0.1) is 0 Å². The predicted octanol–water partition coefficient (Wildman–Crippen LogP) is 9.50. The SMILES string of the molecule is c1ccc(-n2c3ccccc3c3cc(-c4cccc5c4oc4ccc6ccccc6c45)ccc32)cc1. The average molecular weight is 460 g/mol. The van der Waals surface area contributed by atoms with Gasteiger partial charge in [0.05, 0.1) is 11.0 Å². The van der Waals surface area contributed by atoms with Crippen LogP contribution in [-0.4, -0.2) is 4.57 Å². The Morgan fingerprint density at radius 3 is 2.17 bits per heavy atom. The quantitative estimate of drug-likeness (QED) is 0.252. The first-order chi connectivity index (χ1) is 17.9. The van der Waals surface area contributed by atoms with Crippen molar-refractivity contribution in [3.63, 3.8) is 0 Å². The summed E-state index contributed by atoms with van der Waals surface area (Å²) < 4.78 is 8.86. The summed E-state index contributed by atoms with van der Waals surface area (Å²) in [4.78, 5) is 0. The Labute approximate surface area is 207 Å². The van der Waals surface area contributed by atoms with E-state index in [1.54, 1.807) is 0 Å². The van der Waals surface area contributed by atoms with Gasteiger partial charge in [-0.15, -0.1) is 0 Å². The van der Waals surface area contributed by atoms with Crippen LogP contribution in [0.25, 0.3) is 71.3 Å². The first kappa shape index (κ1) is 19.5. The van der Waals surface area contributed by atoms with E-state index in [-0.39, 0.29) is 0 Å². The molecule has 0 unspecified atom stereocenters. The van der Waals surface area contributed by atoms with E-state index < -0.39 is 0 Å². The van der Waals surface area contributed by atoms with Crippen molar-refractivity contribution in [3.8, 4) is 16.8 Å². The fourth-order valence-electron chi connectivity index (χ4n) is 5.79. The van der Waals surface area contributed by atoms with Crippen LogP contribution in [0.1, 0.15) is 0 Å². The number of hydrogen-bond donors (Lipinski definition) is 0. The Hall–Kier alpha value is -4.82. The molecule has 0 fully saturated rings. The Kier molecular flexibility index (Phi) is 3.97. The Morgan fingerprint density at radius 1 is 0.500 bits per heavy atom. The van der Waals surface area contributed by atoms with Crippen molar-refractivity contribution < 1.29 is 4.42 Å². The van der Waals surface area contributed by atoms with Gasteiger partial charge < -0.3 is 8.98 Å². The predicted molar refractivity (Wildman–Crippen MR) is 151 cm³/mol. The van der Waals surface area contributed by atoms with Crippen molar-refractivity contribution in [1.29, 1.82) is 0 Å². The maximum Gasteiger partial charge on any atom is 0.143 e. The van der Waals surface area contributed by atoms with E-state index in [0.29, 0.717) is 0 Å². The summed E-state index contributed by atoms with van der Waals surface area (Å²) in [6, 6.07) is 45.3. The third kappa shape index (κ3) is 2.67. The monoisotopic (exact) mass is 459 g/mol. The molecule has 2 heteroatoms. The second-order valence-electron chi connectivity index (χ2n) is 9.36. The molecule has 0 aliphatic heterocycles. The number of hydrogen-bond acceptors (Lipinski definition) is 1. The van der Waals surface area contributed by atoms with Crippen LogP contribution in [-0.2, 0) is 0 Å². The van der Waals surface area contributed by atoms with Crippen LogP contribution in [0.2, 0.25) is 0 Å². The van der Waals surface area contributed by atoms with Crippen molar-refractivity contribution in [2.75, 3.05) is 0 Å². The normalized spacial score (nSPS) is 11.9. The molecule has 0 radical (unpaired) electrons. The van der Waals surface area contributed by atoms with E-state index in [9.17, 15) is 0 Å². The minimum absolute atomic E-state index is 0.929. The van der Waals surface area contributed by atoms with Crippen molar-refractivity contribution >= 4 is 54.5 Å². The molecule has 0 spiro atoms. The van der Waals surface area contributed by atoms with Crippen molar-refractivity contribution in [2.45, 2.75) is 0 Å². The smallest absolute Gasteiger partial charge is 0.143 e. The van der Waals surface area contributed by atoms with Crippen LogP contribution in [0.15, 0.2) is 132 Å². The Morgan fingerprint density at radius 2 is 1.25 bits per heavy atom. The van der Waals surface area contributed by atoms with Crippen molar-refractivity contribution in [1.82, 2.24) is 4.57 Å². The molecule has 0 atom stereocenters. The molecule has 2 heterocycles. The van der Waals surface area contributed by atoms with E-state index in [2.05, 4.69) is 132 Å². The maximum atomic E-state index is 6.51. The van der Waals surface area contributed by atoms with E-state index in [0.717, 1.165) is 27.7 Å². The van der Waals surface area contributed by atoms with Gasteiger partial charge in [0, 0.05) is 32.8 Å². The van der Waals surface area contributed by atoms with Gasteiger partial charge in [-0.05, 0) is 52.7 Å². The lowest BCUT2D eigenvalue weighted by Crippen LogP contribution is -1.92. The molecule has 0 saturated carbocycles. The van der Waals surface area contributed by atoms with E-state index in [4.69, 9.17) is 4.42 Å². The van der Waals surface area contributed by atoms with Gasteiger partial charge in [0.2, 0.25) is 0 Å². The third-order valence-electron chi connectivity index (χ3n) is 7.39. The fraction of sp³-hybridized carbons (Fsp3) is 0. The molecule has 0 amide bonds. The summed E-state index contributed by atoms with van der Waals surface area (Å²) in [6.45, 7) is 0. The van der Waals surface area contributed by atoms with Gasteiger partial charge in [0.1, 0.15) is 11.2 Å². The van der Waals surface area contributed by atoms with Gasteiger partial charge in [-0.25, -0.2) is 0 Å². The summed E-state index contributed by atoms with van der Waals surface area (Å²) in [5.41, 5.74) is 7.73. The Bertz CT molecular complexity index is 2090. The van der Waals surface area contributed by atoms with Gasteiger partial charge in [0.15, 0.2) is 0 Å². The van der Waals surface area contributed by atoms with Crippen molar-refractivity contribution in [3.05, 3.63) is 127 Å². The second-order valence-corrected chi connectivity index (χ2v) is 9.36. The lowest BCUT2D eigenvalue weighted by atomic mass is 9.99. The van der Waals surface area contributed by atoms with E-state index >= 15 is 0 Å². The maximum absolute atomic E-state index is 6.51. The average Bonchev–Trinajstić information content (AvgIpc) is 3.49. The summed E-state index contributed by atoms with van der Waals surface area (Å²) in [7, 11) is 0. The minimum Gasteiger partial charge on any atom is -0.455 e. The molecule has 168 valence electrons. The molecule has 0 N–H and O–H groups in total. The number of benzene rings is 6. The van der Waals surface area contributed by atoms with Crippen LogP contribution in [0.3, 0.4) is 0 Å². The number of furan rings is 1. The number of para-hydroxylation sites is 3. The first-order valence-corrected chi connectivity index (χ1v) is 12.3. The molecular weight excluding hydrogens is 438 g/mol. The molecule has 2 aromatic heterocycles. The zero-order valence-corrected chi connectivity index (χ0v) is 19.5. The molecule has 8 rings (SSSR count). The lowest BCUT2D eigenvalue weighted by molar-refractivity contribution is 0.670. The number of rotatable bonds is 2. The molecule has 2 nitrogen and oxygen atoms in total. The summed E-state index contributed by atoms with van der Waals surface area (Å²) in [6.07, 6.45) is 0. The zero-order chi connectivity index (χ0) is 23.6. The topological polar surface area (TPSA) is 18.1 Å². The largest absolute Gasteiger partial charge is 0.455 e. The molecule has 0 aliphatic carbocycles. The summed E-state index contributed by atoms with van der Waals surface area (Å²) >= 11 is 0. The Balaban J connectivity index is 1.42. The zero-order valence-electron chi connectivity index (χ0n) is 19.5. The number of aromatic nitrogens is 1. The van der Waals surface area contributed by atoms with Gasteiger partial charge in [0.25, 0.3) is 0 Å². The van der Waals surface area contributed by atoms with Crippen LogP contribution in [0.5, 0.6) is 0 Å². The van der Waals surface area contributed by atoms with Gasteiger partial charge in [-0.1, -0.05) is 91.0 Å². The van der Waals surface area contributed by atoms with Crippen LogP contribution >= 0.6 is 0 Å². The summed E-state index contributed by atoms with van der Waals surface area (Å²) in [5, 5.41) is 7.30. The molecule has 36 heavy (non-hydrogen) atoms. The van der Waals surface area contributed by atoms with Crippen LogP contribution in [0.4, 0.5) is 0 Å². The standard InChI is InChI=1S/C34H21NO/c1-2-10-24(11-3-1)35-30-16-7-6-13-27(30)29-21-23(17-19-31(29)35)26-14-8-15-28-33-25-12-5-4-9-22(25)18-20-32(33)36-34(26)28/h1-21H. The van der Waals surface area contributed by atoms with Gasteiger partial charge >= 0.3 is 0 Å². The van der Waals surface area contributed by atoms with Gasteiger partial charge in [-0.3, -0.25) is 0 Å². The highest BCUT2D eigenvalue weighted by Gasteiger charge is 2.17. The van der Waals surface area contributed by atoms with E-state index in [1.807, 2.05) is 0 Å². The molecule has 0 bridgehead atoms. The second kappa shape index (κ2) is 7.34. The minimum atomic E-state index is 0.929. The highest BCUT2D eigenvalue weighted by molar-refractivity contribution is 6.21. The van der Waals surface area contributed by atoms with E-state index in [1.165, 1.54) is 43.7 Å². The molecule has 8 aromatic rings. The third-order valence-corrected chi connectivity index (χ3v) is 7.39. The molecular formula is C34H21NO. The van der Waals surface area contributed by atoms with Gasteiger partial charge in [-0.2, -0.15) is 0 Å². The molecule has 0 saturated heterocycles. The number of fused-ring (bicyclic) bond motifs is 8. The van der Waals surface area contributed by atoms with Crippen molar-refractivity contribution in [2.24, 2.45) is 0 Å². The lowest BCUT2D eigenvalue weighted by Gasteiger charge is -2.08. The van der Waals surface area contributed by atoms with Crippen LogP contribution < -0.4 is 0 Å². The fourth-order valence-corrected chi connectivity index (χ4v) is 5.79. The first-order valence-electron chi connectivity index (χ1n) is 12.3. The molecule has 6 aromatic carbocycles. The number of nitrogens with zero attached hydrogens (tertiary/aromatic N) is 1. The molecule has 0 aliphatic rings. The highest BCUT2D eigenvalue weighted by atomic mass is 16.3.